The maximum absolute atomic E-state index is 5.91. The molecule has 2 aromatic rings. The van der Waals surface area contributed by atoms with E-state index in [-0.39, 0.29) is 12.5 Å². The summed E-state index contributed by atoms with van der Waals surface area (Å²) in [6, 6.07) is 7.17. The molecule has 0 aliphatic carbocycles. The van der Waals surface area contributed by atoms with Gasteiger partial charge in [0.05, 0.1) is 5.02 Å². The molecule has 1 aromatic carbocycles. The smallest absolute Gasteiger partial charge is 0.253 e. The van der Waals surface area contributed by atoms with Gasteiger partial charge >= 0.3 is 0 Å². The van der Waals surface area contributed by atoms with Crippen molar-refractivity contribution in [1.29, 1.82) is 0 Å². The third kappa shape index (κ3) is 2.65. The van der Waals surface area contributed by atoms with E-state index in [4.69, 9.17) is 32.4 Å². The molecule has 0 radical (unpaired) electrons. The third-order valence-corrected chi connectivity index (χ3v) is 2.35. The molecule has 16 heavy (non-hydrogen) atoms. The Morgan fingerprint density at radius 3 is 2.62 bits per heavy atom. The fourth-order valence-corrected chi connectivity index (χ4v) is 1.40. The van der Waals surface area contributed by atoms with Crippen LogP contribution in [-0.4, -0.2) is 10.2 Å². The molecule has 84 valence electrons. The summed E-state index contributed by atoms with van der Waals surface area (Å²) < 4.78 is 10.6. The summed E-state index contributed by atoms with van der Waals surface area (Å²) in [5.41, 5.74) is 0. The van der Waals surface area contributed by atoms with Gasteiger partial charge in [-0.2, -0.15) is 0 Å². The zero-order chi connectivity index (χ0) is 11.4. The van der Waals surface area contributed by atoms with Gasteiger partial charge in [0.2, 0.25) is 5.89 Å². The molecule has 1 heterocycles. The lowest BCUT2D eigenvalue weighted by Crippen LogP contribution is -1.96. The Labute approximate surface area is 102 Å². The predicted octanol–water partition coefficient (Wildman–Crippen LogP) is 3.04. The van der Waals surface area contributed by atoms with E-state index < -0.39 is 0 Å². The van der Waals surface area contributed by atoms with Crippen LogP contribution in [-0.2, 0) is 12.5 Å². The van der Waals surface area contributed by atoms with Crippen molar-refractivity contribution in [1.82, 2.24) is 10.2 Å². The average molecular weight is 259 g/mol. The number of para-hydroxylation sites is 1. The second-order valence-electron chi connectivity index (χ2n) is 2.94. The SMILES string of the molecule is ClCc1nnc(COc2ccccc2Cl)o1. The van der Waals surface area contributed by atoms with Gasteiger partial charge < -0.3 is 9.15 Å². The fourth-order valence-electron chi connectivity index (χ4n) is 1.10. The first-order valence-electron chi connectivity index (χ1n) is 4.54. The normalized spacial score (nSPS) is 10.4. The summed E-state index contributed by atoms with van der Waals surface area (Å²) in [7, 11) is 0. The van der Waals surface area contributed by atoms with Crippen molar-refractivity contribution < 1.29 is 9.15 Å². The Bertz CT molecular complexity index is 473. The molecule has 4 nitrogen and oxygen atoms in total. The molecule has 2 rings (SSSR count). The highest BCUT2D eigenvalue weighted by atomic mass is 35.5. The van der Waals surface area contributed by atoms with Crippen LogP contribution in [0.3, 0.4) is 0 Å². The molecular weight excluding hydrogens is 251 g/mol. The number of rotatable bonds is 4. The highest BCUT2D eigenvalue weighted by molar-refractivity contribution is 6.32. The van der Waals surface area contributed by atoms with Gasteiger partial charge in [0, 0.05) is 0 Å². The monoisotopic (exact) mass is 258 g/mol. The van der Waals surface area contributed by atoms with Crippen LogP contribution >= 0.6 is 23.2 Å². The molecule has 0 unspecified atom stereocenters. The van der Waals surface area contributed by atoms with Gasteiger partial charge in [-0.25, -0.2) is 0 Å². The standard InChI is InChI=1S/C10H8Cl2N2O2/c11-5-9-13-14-10(16-9)6-15-8-4-2-1-3-7(8)12/h1-4H,5-6H2. The highest BCUT2D eigenvalue weighted by Gasteiger charge is 2.06. The second-order valence-corrected chi connectivity index (χ2v) is 3.62. The average Bonchev–Trinajstić information content (AvgIpc) is 2.76. The summed E-state index contributed by atoms with van der Waals surface area (Å²) in [6.07, 6.45) is 0. The number of alkyl halides is 1. The summed E-state index contributed by atoms with van der Waals surface area (Å²) >= 11 is 11.4. The van der Waals surface area contributed by atoms with Crippen LogP contribution in [0.25, 0.3) is 0 Å². The molecule has 0 aliphatic rings. The van der Waals surface area contributed by atoms with Gasteiger partial charge in [-0.1, -0.05) is 23.7 Å². The fraction of sp³-hybridized carbons (Fsp3) is 0.200. The van der Waals surface area contributed by atoms with Gasteiger partial charge in [0.25, 0.3) is 5.89 Å². The molecule has 6 heteroatoms. The number of halogens is 2. The molecule has 0 aliphatic heterocycles. The van der Waals surface area contributed by atoms with Gasteiger partial charge in [0.1, 0.15) is 11.6 Å². The van der Waals surface area contributed by atoms with Crippen molar-refractivity contribution >= 4 is 23.2 Å². The number of aromatic nitrogens is 2. The van der Waals surface area contributed by atoms with Crippen LogP contribution in [0.2, 0.25) is 5.02 Å². The van der Waals surface area contributed by atoms with E-state index in [1.54, 1.807) is 12.1 Å². The van der Waals surface area contributed by atoms with Crippen molar-refractivity contribution in [3.63, 3.8) is 0 Å². The molecule has 0 N–H and O–H groups in total. The van der Waals surface area contributed by atoms with Crippen molar-refractivity contribution in [2.75, 3.05) is 0 Å². The van der Waals surface area contributed by atoms with Crippen LogP contribution in [0.1, 0.15) is 11.8 Å². The van der Waals surface area contributed by atoms with Crippen LogP contribution < -0.4 is 4.74 Å². The minimum atomic E-state index is 0.174. The van der Waals surface area contributed by atoms with Gasteiger partial charge in [-0.15, -0.1) is 21.8 Å². The topological polar surface area (TPSA) is 48.2 Å². The van der Waals surface area contributed by atoms with Crippen LogP contribution in [0.5, 0.6) is 5.75 Å². The van der Waals surface area contributed by atoms with E-state index >= 15 is 0 Å². The van der Waals surface area contributed by atoms with Gasteiger partial charge in [0.15, 0.2) is 6.61 Å². The van der Waals surface area contributed by atoms with Crippen LogP contribution in [0.15, 0.2) is 28.7 Å². The van der Waals surface area contributed by atoms with Gasteiger partial charge in [-0.3, -0.25) is 0 Å². The number of nitrogens with zero attached hydrogens (tertiary/aromatic N) is 2. The highest BCUT2D eigenvalue weighted by Crippen LogP contribution is 2.23. The molecule has 0 saturated heterocycles. The zero-order valence-corrected chi connectivity index (χ0v) is 9.70. The van der Waals surface area contributed by atoms with Crippen LogP contribution in [0, 0.1) is 0 Å². The van der Waals surface area contributed by atoms with Crippen molar-refractivity contribution in [2.45, 2.75) is 12.5 Å². The number of benzene rings is 1. The maximum Gasteiger partial charge on any atom is 0.253 e. The van der Waals surface area contributed by atoms with Crippen molar-refractivity contribution in [3.05, 3.63) is 41.1 Å². The second kappa shape index (κ2) is 5.18. The number of hydrogen-bond donors (Lipinski definition) is 0. The molecule has 0 atom stereocenters. The summed E-state index contributed by atoms with van der Waals surface area (Å²) in [5.74, 6) is 1.52. The van der Waals surface area contributed by atoms with E-state index in [9.17, 15) is 0 Å². The van der Waals surface area contributed by atoms with Crippen molar-refractivity contribution in [3.8, 4) is 5.75 Å². The zero-order valence-electron chi connectivity index (χ0n) is 8.19. The van der Waals surface area contributed by atoms with Gasteiger partial charge in [-0.05, 0) is 12.1 Å². The predicted molar refractivity (Wildman–Crippen MR) is 59.6 cm³/mol. The first-order valence-corrected chi connectivity index (χ1v) is 5.45. The first-order chi connectivity index (χ1) is 7.79. The number of ether oxygens (including phenoxy) is 1. The summed E-state index contributed by atoms with van der Waals surface area (Å²) in [4.78, 5) is 0. The summed E-state index contributed by atoms with van der Waals surface area (Å²) in [6.45, 7) is 0.174. The van der Waals surface area contributed by atoms with E-state index in [1.165, 1.54) is 0 Å². The Morgan fingerprint density at radius 2 is 1.94 bits per heavy atom. The quantitative estimate of drug-likeness (QED) is 0.792. The molecule has 1 aromatic heterocycles. The van der Waals surface area contributed by atoms with Crippen molar-refractivity contribution in [2.24, 2.45) is 0 Å². The minimum Gasteiger partial charge on any atom is -0.482 e. The largest absolute Gasteiger partial charge is 0.482 e. The summed E-state index contributed by atoms with van der Waals surface area (Å²) in [5, 5.41) is 8.01. The minimum absolute atomic E-state index is 0.174. The first kappa shape index (κ1) is 11.2. The molecule has 0 saturated carbocycles. The van der Waals surface area contributed by atoms with Crippen LogP contribution in [0.4, 0.5) is 0 Å². The van der Waals surface area contributed by atoms with E-state index in [2.05, 4.69) is 10.2 Å². The lowest BCUT2D eigenvalue weighted by Gasteiger charge is -2.04. The Hall–Kier alpha value is -1.26. The Kier molecular flexibility index (Phi) is 3.64. The third-order valence-electron chi connectivity index (χ3n) is 1.81. The molecule has 0 spiro atoms. The molecule has 0 bridgehead atoms. The molecular formula is C10H8Cl2N2O2. The van der Waals surface area contributed by atoms with E-state index in [1.807, 2.05) is 12.1 Å². The Morgan fingerprint density at radius 1 is 1.19 bits per heavy atom. The Balaban J connectivity index is 1.99. The van der Waals surface area contributed by atoms with E-state index in [0.717, 1.165) is 0 Å². The van der Waals surface area contributed by atoms with E-state index in [0.29, 0.717) is 22.6 Å². The molecule has 0 amide bonds. The lowest BCUT2D eigenvalue weighted by atomic mass is 10.3. The molecule has 0 fully saturated rings. The maximum atomic E-state index is 5.91. The number of hydrogen-bond acceptors (Lipinski definition) is 4. The lowest BCUT2D eigenvalue weighted by molar-refractivity contribution is 0.260.